The van der Waals surface area contributed by atoms with E-state index in [1.165, 1.54) is 6.08 Å². The van der Waals surface area contributed by atoms with E-state index < -0.39 is 12.2 Å². The van der Waals surface area contributed by atoms with Crippen molar-refractivity contribution in [1.29, 1.82) is 0 Å². The summed E-state index contributed by atoms with van der Waals surface area (Å²) < 4.78 is 11.9. The van der Waals surface area contributed by atoms with Crippen LogP contribution in [0.2, 0.25) is 0 Å². The van der Waals surface area contributed by atoms with Gasteiger partial charge in [-0.2, -0.15) is 0 Å². The molecule has 182 valence electrons. The Labute approximate surface area is 211 Å². The Kier molecular flexibility index (Phi) is 9.70. The number of hydrogen-bond acceptors (Lipinski definition) is 6. The van der Waals surface area contributed by atoms with Crippen LogP contribution in [0, 0.1) is 0 Å². The molecule has 1 atom stereocenters. The Morgan fingerprint density at radius 2 is 1.71 bits per heavy atom. The van der Waals surface area contributed by atoms with Crippen LogP contribution in [0.15, 0.2) is 89.4 Å². The van der Waals surface area contributed by atoms with Crippen molar-refractivity contribution in [3.63, 3.8) is 0 Å². The number of anilines is 3. The Bertz CT molecular complexity index is 1150. The van der Waals surface area contributed by atoms with Crippen molar-refractivity contribution in [2.24, 2.45) is 0 Å². The molecule has 0 heterocycles. The van der Waals surface area contributed by atoms with Crippen LogP contribution in [0.4, 0.5) is 21.9 Å². The molecule has 0 aliphatic carbocycles. The zero-order valence-corrected chi connectivity index (χ0v) is 20.4. The fourth-order valence-electron chi connectivity index (χ4n) is 3.09. The molecule has 0 saturated carbocycles. The number of nitrogens with two attached hydrogens (primary N) is 1. The van der Waals surface area contributed by atoms with E-state index in [0.717, 1.165) is 4.47 Å². The molecule has 0 radical (unpaired) electrons. The number of carbonyl (C=O) groups excluding carboxylic acids is 2. The van der Waals surface area contributed by atoms with Gasteiger partial charge in [0.05, 0.1) is 18.0 Å². The van der Waals surface area contributed by atoms with E-state index in [-0.39, 0.29) is 25.5 Å². The summed E-state index contributed by atoms with van der Waals surface area (Å²) in [7, 11) is 0. The number of aliphatic hydroxyl groups is 1. The fourth-order valence-corrected chi connectivity index (χ4v) is 3.35. The molecule has 3 rings (SSSR count). The number of ether oxygens (including phenoxy) is 2. The number of amides is 2. The number of halogens is 1. The van der Waals surface area contributed by atoms with Gasteiger partial charge in [0.1, 0.15) is 18.5 Å². The molecular weight excluding hydrogens is 514 g/mol. The van der Waals surface area contributed by atoms with Crippen LogP contribution in [0.5, 0.6) is 5.75 Å². The number of benzene rings is 3. The van der Waals surface area contributed by atoms with Gasteiger partial charge < -0.3 is 25.6 Å². The van der Waals surface area contributed by atoms with E-state index >= 15 is 0 Å². The fraction of sp³-hybridized carbons (Fsp3) is 0.154. The maximum atomic E-state index is 12.6. The summed E-state index contributed by atoms with van der Waals surface area (Å²) in [6.45, 7) is 0.0872. The van der Waals surface area contributed by atoms with Crippen LogP contribution in [-0.4, -0.2) is 30.3 Å². The molecule has 0 spiro atoms. The number of aliphatic hydroxyl groups excluding tert-OH is 1. The number of nitrogens with one attached hydrogen (secondary N) is 2. The molecule has 9 heteroatoms. The smallest absolute Gasteiger partial charge is 0.412 e. The summed E-state index contributed by atoms with van der Waals surface area (Å²) in [5.74, 6) is 0.227. The highest BCUT2D eigenvalue weighted by Crippen LogP contribution is 2.25. The first kappa shape index (κ1) is 25.8. The van der Waals surface area contributed by atoms with Crippen LogP contribution in [-0.2, 0) is 9.53 Å². The van der Waals surface area contributed by atoms with Crippen molar-refractivity contribution in [2.45, 2.75) is 12.5 Å². The summed E-state index contributed by atoms with van der Waals surface area (Å²) in [5, 5.41) is 14.3. The summed E-state index contributed by atoms with van der Waals surface area (Å²) >= 11 is 3.35. The predicted molar refractivity (Wildman–Crippen MR) is 139 cm³/mol. The molecule has 0 aliphatic heterocycles. The molecule has 0 fully saturated rings. The van der Waals surface area contributed by atoms with Crippen LogP contribution < -0.4 is 21.1 Å². The maximum absolute atomic E-state index is 12.6. The molecule has 0 saturated heterocycles. The van der Waals surface area contributed by atoms with Crippen LogP contribution in [0.3, 0.4) is 0 Å². The Balaban J connectivity index is 1.68. The Morgan fingerprint density at radius 1 is 1.00 bits per heavy atom. The van der Waals surface area contributed by atoms with Crippen molar-refractivity contribution in [2.75, 3.05) is 29.6 Å². The minimum absolute atomic E-state index is 0.0921. The van der Waals surface area contributed by atoms with Crippen LogP contribution in [0.1, 0.15) is 18.1 Å². The first-order chi connectivity index (χ1) is 16.9. The molecule has 0 unspecified atom stereocenters. The molecule has 0 aliphatic rings. The quantitative estimate of drug-likeness (QED) is 0.205. The molecule has 3 aromatic carbocycles. The molecule has 0 bridgehead atoms. The number of hydrogen-bond donors (Lipinski definition) is 4. The summed E-state index contributed by atoms with van der Waals surface area (Å²) in [4.78, 5) is 24.9. The van der Waals surface area contributed by atoms with Crippen molar-refractivity contribution in [3.8, 4) is 5.75 Å². The van der Waals surface area contributed by atoms with Gasteiger partial charge in [-0.1, -0.05) is 46.3 Å². The molecule has 8 nitrogen and oxygen atoms in total. The second kappa shape index (κ2) is 13.2. The number of rotatable bonds is 10. The van der Waals surface area contributed by atoms with Crippen molar-refractivity contribution in [1.82, 2.24) is 0 Å². The SMILES string of the molecule is Nc1ccccc1NC(=O)/C=C/C[C@H](OC(=O)Nc1ccc(Br)cc1)c1ccc(OCCO)cc1. The van der Waals surface area contributed by atoms with Gasteiger partial charge in [0, 0.05) is 16.6 Å². The van der Waals surface area contributed by atoms with Crippen molar-refractivity contribution >= 4 is 45.0 Å². The minimum atomic E-state index is -0.664. The lowest BCUT2D eigenvalue weighted by molar-refractivity contribution is -0.111. The predicted octanol–water partition coefficient (Wildman–Crippen LogP) is 5.28. The van der Waals surface area contributed by atoms with E-state index in [1.807, 2.05) is 0 Å². The van der Waals surface area contributed by atoms with E-state index in [2.05, 4.69) is 26.6 Å². The van der Waals surface area contributed by atoms with Gasteiger partial charge >= 0.3 is 6.09 Å². The summed E-state index contributed by atoms with van der Waals surface area (Å²) in [6, 6.07) is 21.0. The largest absolute Gasteiger partial charge is 0.491 e. The van der Waals surface area contributed by atoms with Gasteiger partial charge in [-0.05, 0) is 60.2 Å². The van der Waals surface area contributed by atoms with Gasteiger partial charge in [-0.25, -0.2) is 4.79 Å². The Hall–Kier alpha value is -3.82. The van der Waals surface area contributed by atoms with Crippen molar-refractivity contribution < 1.29 is 24.2 Å². The molecule has 35 heavy (non-hydrogen) atoms. The normalized spacial score (nSPS) is 11.6. The second-order valence-electron chi connectivity index (χ2n) is 7.38. The highest BCUT2D eigenvalue weighted by molar-refractivity contribution is 9.10. The molecule has 5 N–H and O–H groups in total. The average molecular weight is 540 g/mol. The molecule has 0 aromatic heterocycles. The van der Waals surface area contributed by atoms with E-state index in [9.17, 15) is 9.59 Å². The van der Waals surface area contributed by atoms with Crippen LogP contribution in [0.25, 0.3) is 0 Å². The summed E-state index contributed by atoms with van der Waals surface area (Å²) in [6.07, 6.45) is 1.95. The zero-order valence-electron chi connectivity index (χ0n) is 18.8. The van der Waals surface area contributed by atoms with Gasteiger partial charge in [0.2, 0.25) is 5.91 Å². The topological polar surface area (TPSA) is 123 Å². The lowest BCUT2D eigenvalue weighted by atomic mass is 10.1. The minimum Gasteiger partial charge on any atom is -0.491 e. The molecule has 3 aromatic rings. The highest BCUT2D eigenvalue weighted by Gasteiger charge is 2.16. The van der Waals surface area contributed by atoms with E-state index in [1.54, 1.807) is 78.9 Å². The van der Waals surface area contributed by atoms with Crippen molar-refractivity contribution in [3.05, 3.63) is 95.0 Å². The van der Waals surface area contributed by atoms with E-state index in [0.29, 0.717) is 28.4 Å². The third-order valence-electron chi connectivity index (χ3n) is 4.79. The Morgan fingerprint density at radius 3 is 2.40 bits per heavy atom. The molecular formula is C26H26BrN3O5. The van der Waals surface area contributed by atoms with Gasteiger partial charge in [0.15, 0.2) is 0 Å². The highest BCUT2D eigenvalue weighted by atomic mass is 79.9. The lowest BCUT2D eigenvalue weighted by Crippen LogP contribution is -2.17. The average Bonchev–Trinajstić information content (AvgIpc) is 2.85. The lowest BCUT2D eigenvalue weighted by Gasteiger charge is -2.18. The third-order valence-corrected chi connectivity index (χ3v) is 5.32. The first-order valence-electron chi connectivity index (χ1n) is 10.8. The maximum Gasteiger partial charge on any atom is 0.412 e. The van der Waals surface area contributed by atoms with Crippen LogP contribution >= 0.6 is 15.9 Å². The standard InChI is InChI=1S/C26H26BrN3O5/c27-19-10-12-20(13-11-19)29-26(33)35-24(18-8-14-21(15-9-18)34-17-16-31)6-3-7-25(32)30-23-5-2-1-4-22(23)28/h1-5,7-15,24,31H,6,16-17,28H2,(H,29,33)(H,30,32)/b7-3+/t24-/m0/s1. The second-order valence-corrected chi connectivity index (χ2v) is 8.30. The molecule has 2 amide bonds. The summed E-state index contributed by atoms with van der Waals surface area (Å²) in [5.41, 5.74) is 8.13. The zero-order chi connectivity index (χ0) is 25.0. The van der Waals surface area contributed by atoms with E-state index in [4.69, 9.17) is 20.3 Å². The van der Waals surface area contributed by atoms with Gasteiger partial charge in [-0.15, -0.1) is 0 Å². The van der Waals surface area contributed by atoms with Gasteiger partial charge in [0.25, 0.3) is 0 Å². The monoisotopic (exact) mass is 539 g/mol. The van der Waals surface area contributed by atoms with Gasteiger partial charge in [-0.3, -0.25) is 10.1 Å². The first-order valence-corrected chi connectivity index (χ1v) is 11.6. The number of para-hydroxylation sites is 2. The number of nitrogen functional groups attached to an aromatic ring is 1. The third kappa shape index (κ3) is 8.47. The number of carbonyl (C=O) groups is 2.